The fraction of sp³-hybridized carbons (Fsp3) is 0.200. The van der Waals surface area contributed by atoms with Crippen LogP contribution in [0.15, 0.2) is 22.9 Å². The molecule has 4 heteroatoms. The van der Waals surface area contributed by atoms with E-state index in [0.717, 1.165) is 10.9 Å². The van der Waals surface area contributed by atoms with Crippen LogP contribution in [-0.2, 0) is 0 Å². The molecule has 72 valence electrons. The van der Waals surface area contributed by atoms with Gasteiger partial charge < -0.3 is 4.74 Å². The molecule has 14 heavy (non-hydrogen) atoms. The van der Waals surface area contributed by atoms with Crippen LogP contribution in [0.5, 0.6) is 5.88 Å². The topological polar surface area (TPSA) is 35.0 Å². The minimum Gasteiger partial charge on any atom is -0.480 e. The lowest BCUT2D eigenvalue weighted by molar-refractivity contribution is 0.401. The molecule has 0 spiro atoms. The lowest BCUT2D eigenvalue weighted by Gasteiger charge is -2.04. The molecular formula is C10H9BrN2O. The van der Waals surface area contributed by atoms with Gasteiger partial charge in [-0.25, -0.2) is 4.98 Å². The molecule has 0 unspecified atom stereocenters. The average molecular weight is 253 g/mol. The van der Waals surface area contributed by atoms with Gasteiger partial charge in [-0.3, -0.25) is 0 Å². The molecule has 0 aliphatic heterocycles. The van der Waals surface area contributed by atoms with Crippen molar-refractivity contribution in [3.05, 3.63) is 28.5 Å². The average Bonchev–Trinajstić information content (AvgIpc) is 2.17. The maximum Gasteiger partial charge on any atom is 0.225 e. The van der Waals surface area contributed by atoms with Crippen LogP contribution in [0.4, 0.5) is 0 Å². The highest BCUT2D eigenvalue weighted by molar-refractivity contribution is 9.10. The van der Waals surface area contributed by atoms with Gasteiger partial charge in [-0.2, -0.15) is 4.98 Å². The molecule has 0 saturated carbocycles. The summed E-state index contributed by atoms with van der Waals surface area (Å²) < 4.78 is 5.73. The van der Waals surface area contributed by atoms with Crippen molar-refractivity contribution in [3.63, 3.8) is 0 Å². The third-order valence-corrected chi connectivity index (χ3v) is 2.34. The van der Waals surface area contributed by atoms with Crippen molar-refractivity contribution in [2.24, 2.45) is 0 Å². The van der Waals surface area contributed by atoms with Gasteiger partial charge in [0.25, 0.3) is 0 Å². The number of rotatable bonds is 1. The van der Waals surface area contributed by atoms with E-state index in [4.69, 9.17) is 4.74 Å². The molecule has 2 aromatic rings. The molecule has 0 aliphatic carbocycles. The van der Waals surface area contributed by atoms with Crippen LogP contribution in [-0.4, -0.2) is 17.1 Å². The largest absolute Gasteiger partial charge is 0.480 e. The molecule has 1 aromatic heterocycles. The maximum absolute atomic E-state index is 5.18. The van der Waals surface area contributed by atoms with E-state index in [2.05, 4.69) is 25.9 Å². The Morgan fingerprint density at radius 1 is 1.29 bits per heavy atom. The molecule has 0 saturated heterocycles. The maximum atomic E-state index is 5.18. The van der Waals surface area contributed by atoms with Gasteiger partial charge in [-0.05, 0) is 35.0 Å². The summed E-state index contributed by atoms with van der Waals surface area (Å²) in [4.78, 5) is 8.40. The second kappa shape index (κ2) is 3.53. The summed E-state index contributed by atoms with van der Waals surface area (Å²) in [5.74, 6) is 0.602. The lowest BCUT2D eigenvalue weighted by Crippen LogP contribution is -1.93. The molecule has 3 nitrogen and oxygen atoms in total. The van der Waals surface area contributed by atoms with E-state index in [9.17, 15) is 0 Å². The van der Waals surface area contributed by atoms with Crippen molar-refractivity contribution in [2.45, 2.75) is 6.92 Å². The summed E-state index contributed by atoms with van der Waals surface area (Å²) in [5.41, 5.74) is 2.05. The standard InChI is InChI=1S/C10H9BrN2O/c1-6-3-4-8-7(5-6)9(14-2)13-10(11)12-8/h3-5H,1-2H3. The van der Waals surface area contributed by atoms with Crippen LogP contribution in [0, 0.1) is 6.92 Å². The van der Waals surface area contributed by atoms with Crippen LogP contribution in [0.1, 0.15) is 5.56 Å². The van der Waals surface area contributed by atoms with Crippen molar-refractivity contribution in [1.29, 1.82) is 0 Å². The summed E-state index contributed by atoms with van der Waals surface area (Å²) in [5, 5.41) is 0.940. The quantitative estimate of drug-likeness (QED) is 0.733. The van der Waals surface area contributed by atoms with Gasteiger partial charge in [0.15, 0.2) is 0 Å². The Kier molecular flexibility index (Phi) is 2.37. The van der Waals surface area contributed by atoms with Crippen LogP contribution in [0.3, 0.4) is 0 Å². The first-order chi connectivity index (χ1) is 6.70. The molecule has 0 fully saturated rings. The fourth-order valence-electron chi connectivity index (χ4n) is 1.34. The van der Waals surface area contributed by atoms with E-state index >= 15 is 0 Å². The molecule has 0 amide bonds. The first kappa shape index (κ1) is 9.40. The zero-order chi connectivity index (χ0) is 10.1. The number of methoxy groups -OCH3 is 1. The number of hydrogen-bond donors (Lipinski definition) is 0. The molecule has 0 radical (unpaired) electrons. The second-order valence-electron chi connectivity index (χ2n) is 3.02. The Hall–Kier alpha value is -1.16. The Morgan fingerprint density at radius 2 is 2.07 bits per heavy atom. The van der Waals surface area contributed by atoms with Gasteiger partial charge >= 0.3 is 0 Å². The minimum atomic E-state index is 0.547. The molecule has 0 atom stereocenters. The SMILES string of the molecule is COc1nc(Br)nc2ccc(C)cc12. The van der Waals surface area contributed by atoms with Crippen molar-refractivity contribution < 1.29 is 4.74 Å². The molecule has 1 aromatic carbocycles. The zero-order valence-corrected chi connectivity index (χ0v) is 9.50. The van der Waals surface area contributed by atoms with E-state index in [1.54, 1.807) is 7.11 Å². The third-order valence-electron chi connectivity index (χ3n) is 1.98. The van der Waals surface area contributed by atoms with Gasteiger partial charge in [-0.15, -0.1) is 0 Å². The van der Waals surface area contributed by atoms with Crippen LogP contribution in [0.2, 0.25) is 0 Å². The fourth-order valence-corrected chi connectivity index (χ4v) is 1.69. The number of benzene rings is 1. The molecule has 1 heterocycles. The molecule has 0 bridgehead atoms. The number of hydrogen-bond acceptors (Lipinski definition) is 3. The Balaban J connectivity index is 2.81. The summed E-state index contributed by atoms with van der Waals surface area (Å²) in [6.07, 6.45) is 0. The smallest absolute Gasteiger partial charge is 0.225 e. The Bertz CT molecular complexity index is 485. The van der Waals surface area contributed by atoms with Gasteiger partial charge in [-0.1, -0.05) is 11.6 Å². The molecular weight excluding hydrogens is 244 g/mol. The summed E-state index contributed by atoms with van der Waals surface area (Å²) in [7, 11) is 1.61. The molecule has 0 N–H and O–H groups in total. The van der Waals surface area contributed by atoms with Crippen LogP contribution >= 0.6 is 15.9 Å². The lowest BCUT2D eigenvalue weighted by atomic mass is 10.2. The Morgan fingerprint density at radius 3 is 2.79 bits per heavy atom. The third kappa shape index (κ3) is 1.57. The zero-order valence-electron chi connectivity index (χ0n) is 7.91. The molecule has 2 rings (SSSR count). The predicted octanol–water partition coefficient (Wildman–Crippen LogP) is 2.71. The van der Waals surface area contributed by atoms with E-state index in [1.807, 2.05) is 25.1 Å². The predicted molar refractivity (Wildman–Crippen MR) is 58.5 cm³/mol. The van der Waals surface area contributed by atoms with E-state index in [1.165, 1.54) is 5.56 Å². The van der Waals surface area contributed by atoms with Gasteiger partial charge in [0.05, 0.1) is 18.0 Å². The number of nitrogens with zero attached hydrogens (tertiary/aromatic N) is 2. The highest BCUT2D eigenvalue weighted by Crippen LogP contribution is 2.24. The number of aromatic nitrogens is 2. The van der Waals surface area contributed by atoms with Crippen molar-refractivity contribution in [1.82, 2.24) is 9.97 Å². The summed E-state index contributed by atoms with van der Waals surface area (Å²) in [6.45, 7) is 2.03. The van der Waals surface area contributed by atoms with Crippen LogP contribution < -0.4 is 4.74 Å². The van der Waals surface area contributed by atoms with E-state index in [0.29, 0.717) is 10.6 Å². The highest BCUT2D eigenvalue weighted by atomic mass is 79.9. The minimum absolute atomic E-state index is 0.547. The monoisotopic (exact) mass is 252 g/mol. The van der Waals surface area contributed by atoms with Crippen molar-refractivity contribution in [3.8, 4) is 5.88 Å². The first-order valence-corrected chi connectivity index (χ1v) is 4.98. The summed E-state index contributed by atoms with van der Waals surface area (Å²) in [6, 6.07) is 5.99. The van der Waals surface area contributed by atoms with Gasteiger partial charge in [0.1, 0.15) is 0 Å². The second-order valence-corrected chi connectivity index (χ2v) is 3.73. The highest BCUT2D eigenvalue weighted by Gasteiger charge is 2.05. The van der Waals surface area contributed by atoms with E-state index in [-0.39, 0.29) is 0 Å². The number of aryl methyl sites for hydroxylation is 1. The van der Waals surface area contributed by atoms with Gasteiger partial charge in [0, 0.05) is 0 Å². The van der Waals surface area contributed by atoms with E-state index < -0.39 is 0 Å². The summed E-state index contributed by atoms with van der Waals surface area (Å²) >= 11 is 3.24. The number of halogens is 1. The van der Waals surface area contributed by atoms with Crippen molar-refractivity contribution in [2.75, 3.05) is 7.11 Å². The molecule has 0 aliphatic rings. The Labute approximate surface area is 90.3 Å². The normalized spacial score (nSPS) is 10.5. The first-order valence-electron chi connectivity index (χ1n) is 4.18. The van der Waals surface area contributed by atoms with Crippen molar-refractivity contribution >= 4 is 26.8 Å². The number of ether oxygens (including phenoxy) is 1. The van der Waals surface area contributed by atoms with Gasteiger partial charge in [0.2, 0.25) is 10.6 Å². The number of fused-ring (bicyclic) bond motifs is 1. The van der Waals surface area contributed by atoms with Crippen LogP contribution in [0.25, 0.3) is 10.9 Å².